The van der Waals surface area contributed by atoms with E-state index in [1.54, 1.807) is 0 Å². The van der Waals surface area contributed by atoms with Crippen molar-refractivity contribution in [3.8, 4) is 0 Å². The van der Waals surface area contributed by atoms with E-state index in [1.807, 2.05) is 4.90 Å². The van der Waals surface area contributed by atoms with Crippen molar-refractivity contribution in [2.45, 2.75) is 25.7 Å². The van der Waals surface area contributed by atoms with Crippen LogP contribution in [-0.4, -0.2) is 41.5 Å². The maximum Gasteiger partial charge on any atom is 0.222 e. The molecule has 0 aromatic carbocycles. The van der Waals surface area contributed by atoms with Gasteiger partial charge in [0, 0.05) is 19.5 Å². The maximum atomic E-state index is 11.6. The van der Waals surface area contributed by atoms with Crippen LogP contribution in [0.5, 0.6) is 0 Å². The number of morpholine rings is 1. The van der Waals surface area contributed by atoms with Crippen LogP contribution in [-0.2, 0) is 9.53 Å². The molecule has 0 bridgehead atoms. The van der Waals surface area contributed by atoms with E-state index < -0.39 is 0 Å². The largest absolute Gasteiger partial charge is 0.378 e. The lowest BCUT2D eigenvalue weighted by molar-refractivity contribution is -0.135. The third-order valence-corrected chi connectivity index (χ3v) is 3.15. The zero-order valence-corrected chi connectivity index (χ0v) is 10.7. The van der Waals surface area contributed by atoms with Crippen molar-refractivity contribution in [2.24, 2.45) is 0 Å². The molecule has 0 unspecified atom stereocenters. The van der Waals surface area contributed by atoms with Gasteiger partial charge in [-0.15, -0.1) is 0 Å². The fraction of sp³-hybridized carbons (Fsp3) is 0.900. The van der Waals surface area contributed by atoms with Gasteiger partial charge in [-0.2, -0.15) is 0 Å². The van der Waals surface area contributed by atoms with Gasteiger partial charge in [-0.25, -0.2) is 0 Å². The van der Waals surface area contributed by atoms with E-state index in [9.17, 15) is 4.79 Å². The number of ether oxygens (including phenoxy) is 1. The second kappa shape index (κ2) is 7.45. The number of amides is 1. The van der Waals surface area contributed by atoms with Gasteiger partial charge in [-0.3, -0.25) is 4.79 Å². The summed E-state index contributed by atoms with van der Waals surface area (Å²) in [6.45, 7) is 2.98. The van der Waals surface area contributed by atoms with Gasteiger partial charge in [0.15, 0.2) is 0 Å². The molecule has 0 aromatic heterocycles. The number of carbonyl (C=O) groups excluding carboxylic acids is 1. The average Bonchev–Trinajstić information content (AvgIpc) is 2.25. The number of carbonyl (C=O) groups is 1. The fourth-order valence-electron chi connectivity index (χ4n) is 1.52. The number of nitrogens with zero attached hydrogens (tertiary/aromatic N) is 1. The second-order valence-electron chi connectivity index (χ2n) is 3.49. The minimum Gasteiger partial charge on any atom is -0.378 e. The number of halogens is 1. The van der Waals surface area contributed by atoms with Crippen LogP contribution in [0.1, 0.15) is 25.7 Å². The summed E-state index contributed by atoms with van der Waals surface area (Å²) in [6, 6.07) is 0. The van der Waals surface area contributed by atoms with E-state index >= 15 is 0 Å². The Labute approximate surface area is 99.3 Å². The van der Waals surface area contributed by atoms with Crippen LogP contribution < -0.4 is 0 Å². The maximum absolute atomic E-state index is 11.6. The van der Waals surface area contributed by atoms with Crippen molar-refractivity contribution in [3.63, 3.8) is 0 Å². The zero-order valence-electron chi connectivity index (χ0n) is 8.51. The summed E-state index contributed by atoms with van der Waals surface area (Å²) >= 11 is 2.38. The van der Waals surface area contributed by atoms with Gasteiger partial charge in [-0.05, 0) is 17.3 Å². The molecular weight excluding hydrogens is 293 g/mol. The highest BCUT2D eigenvalue weighted by Crippen LogP contribution is 2.06. The summed E-state index contributed by atoms with van der Waals surface area (Å²) in [5, 5.41) is 0. The first-order valence-electron chi connectivity index (χ1n) is 5.26. The molecule has 1 fully saturated rings. The summed E-state index contributed by atoms with van der Waals surface area (Å²) in [4.78, 5) is 13.6. The summed E-state index contributed by atoms with van der Waals surface area (Å²) in [5.41, 5.74) is 0. The van der Waals surface area contributed by atoms with Gasteiger partial charge in [-0.1, -0.05) is 29.0 Å². The Morgan fingerprint density at radius 1 is 1.21 bits per heavy atom. The number of hydrogen-bond acceptors (Lipinski definition) is 2. The van der Waals surface area contributed by atoms with Crippen LogP contribution in [0.15, 0.2) is 0 Å². The Morgan fingerprint density at radius 3 is 2.57 bits per heavy atom. The first-order valence-corrected chi connectivity index (χ1v) is 6.78. The molecule has 0 radical (unpaired) electrons. The summed E-state index contributed by atoms with van der Waals surface area (Å²) in [7, 11) is 0. The molecule has 0 spiro atoms. The third-order valence-electron chi connectivity index (χ3n) is 2.39. The van der Waals surface area contributed by atoms with Crippen molar-refractivity contribution < 1.29 is 9.53 Å². The summed E-state index contributed by atoms with van der Waals surface area (Å²) in [5.74, 6) is 0.307. The van der Waals surface area contributed by atoms with Crippen LogP contribution in [0.4, 0.5) is 0 Å². The summed E-state index contributed by atoms with van der Waals surface area (Å²) < 4.78 is 6.40. The Bertz CT molecular complexity index is 170. The molecule has 1 aliphatic rings. The van der Waals surface area contributed by atoms with Crippen LogP contribution in [0.2, 0.25) is 0 Å². The van der Waals surface area contributed by atoms with Crippen molar-refractivity contribution in [2.75, 3.05) is 30.7 Å². The molecule has 0 N–H and O–H groups in total. The number of unbranched alkanes of at least 4 members (excludes halogenated alkanes) is 2. The molecule has 14 heavy (non-hydrogen) atoms. The van der Waals surface area contributed by atoms with Gasteiger partial charge in [0.1, 0.15) is 0 Å². The molecule has 1 heterocycles. The van der Waals surface area contributed by atoms with Crippen LogP contribution in [0.3, 0.4) is 0 Å². The van der Waals surface area contributed by atoms with Crippen LogP contribution in [0, 0.1) is 0 Å². The smallest absolute Gasteiger partial charge is 0.222 e. The first kappa shape index (κ1) is 12.2. The summed E-state index contributed by atoms with van der Waals surface area (Å²) in [6.07, 6.45) is 4.17. The SMILES string of the molecule is O=C(CCCCCI)N1CCOCC1. The molecule has 1 saturated heterocycles. The lowest BCUT2D eigenvalue weighted by Crippen LogP contribution is -2.40. The Hall–Kier alpha value is 0.160. The quantitative estimate of drug-likeness (QED) is 0.440. The van der Waals surface area contributed by atoms with E-state index in [1.165, 1.54) is 17.3 Å². The second-order valence-corrected chi connectivity index (χ2v) is 4.57. The molecular formula is C10H18INO2. The van der Waals surface area contributed by atoms with Crippen LogP contribution >= 0.6 is 22.6 Å². The number of rotatable bonds is 5. The Balaban J connectivity index is 2.07. The van der Waals surface area contributed by atoms with Crippen molar-refractivity contribution in [3.05, 3.63) is 0 Å². The van der Waals surface area contributed by atoms with Gasteiger partial charge in [0.2, 0.25) is 5.91 Å². The Morgan fingerprint density at radius 2 is 1.93 bits per heavy atom. The molecule has 3 nitrogen and oxygen atoms in total. The molecule has 82 valence electrons. The molecule has 1 amide bonds. The van der Waals surface area contributed by atoms with E-state index in [2.05, 4.69) is 22.6 Å². The van der Waals surface area contributed by atoms with Gasteiger partial charge < -0.3 is 9.64 Å². The monoisotopic (exact) mass is 311 g/mol. The van der Waals surface area contributed by atoms with Gasteiger partial charge in [0.05, 0.1) is 13.2 Å². The van der Waals surface area contributed by atoms with Crippen LogP contribution in [0.25, 0.3) is 0 Å². The highest BCUT2D eigenvalue weighted by atomic mass is 127. The van der Waals surface area contributed by atoms with Crippen molar-refractivity contribution >= 4 is 28.5 Å². The minimum absolute atomic E-state index is 0.307. The van der Waals surface area contributed by atoms with Crippen molar-refractivity contribution in [1.82, 2.24) is 4.90 Å². The predicted molar refractivity (Wildman–Crippen MR) is 64.8 cm³/mol. The fourth-order valence-corrected chi connectivity index (χ4v) is 2.06. The van der Waals surface area contributed by atoms with Gasteiger partial charge in [0.25, 0.3) is 0 Å². The van der Waals surface area contributed by atoms with E-state index in [0.717, 1.165) is 25.9 Å². The molecule has 0 aromatic rings. The Kier molecular flexibility index (Phi) is 6.51. The molecule has 4 heteroatoms. The predicted octanol–water partition coefficient (Wildman–Crippen LogP) is 1.84. The van der Waals surface area contributed by atoms with Crippen molar-refractivity contribution in [1.29, 1.82) is 0 Å². The lowest BCUT2D eigenvalue weighted by Gasteiger charge is -2.26. The number of hydrogen-bond donors (Lipinski definition) is 0. The average molecular weight is 311 g/mol. The third kappa shape index (κ3) is 4.59. The first-order chi connectivity index (χ1) is 6.84. The molecule has 1 rings (SSSR count). The normalized spacial score (nSPS) is 17.1. The van der Waals surface area contributed by atoms with E-state index in [0.29, 0.717) is 19.1 Å². The molecule has 0 saturated carbocycles. The molecule has 0 aliphatic carbocycles. The van der Waals surface area contributed by atoms with E-state index in [4.69, 9.17) is 4.74 Å². The standard InChI is InChI=1S/C10H18INO2/c11-5-3-1-2-4-10(13)12-6-8-14-9-7-12/h1-9H2. The molecule has 0 atom stereocenters. The van der Waals surface area contributed by atoms with Gasteiger partial charge >= 0.3 is 0 Å². The van der Waals surface area contributed by atoms with E-state index in [-0.39, 0.29) is 0 Å². The highest BCUT2D eigenvalue weighted by molar-refractivity contribution is 14.1. The molecule has 1 aliphatic heterocycles. The number of alkyl halides is 1. The topological polar surface area (TPSA) is 29.5 Å². The zero-order chi connectivity index (χ0) is 10.2. The highest BCUT2D eigenvalue weighted by Gasteiger charge is 2.15. The lowest BCUT2D eigenvalue weighted by atomic mass is 10.2. The minimum atomic E-state index is 0.307.